The lowest BCUT2D eigenvalue weighted by atomic mass is 10.1. The maximum absolute atomic E-state index is 3.68. The molecule has 1 N–H and O–H groups in total. The molecule has 1 aromatic carbocycles. The smallest absolute Gasteiger partial charge is 0.0345 e. The summed E-state index contributed by atoms with van der Waals surface area (Å²) in [5, 5.41) is 3.68. The molecule has 0 spiro atoms. The largest absolute Gasteiger partial charge is 0.382 e. The van der Waals surface area contributed by atoms with Gasteiger partial charge in [0.15, 0.2) is 0 Å². The number of nitrogens with one attached hydrogen (secondary N) is 1. The molecule has 0 amide bonds. The van der Waals surface area contributed by atoms with Crippen LogP contribution < -0.4 is 5.32 Å². The minimum atomic E-state index is 0.705. The summed E-state index contributed by atoms with van der Waals surface area (Å²) >= 11 is 0. The van der Waals surface area contributed by atoms with Crippen LogP contribution >= 0.6 is 0 Å². The Balaban J connectivity index is 1.98. The fraction of sp³-hybridized carbons (Fsp3) is 0.571. The Morgan fingerprint density at radius 3 is 2.80 bits per heavy atom. The highest BCUT2D eigenvalue weighted by molar-refractivity contribution is 5.46. The summed E-state index contributed by atoms with van der Waals surface area (Å²) in [5.41, 5.74) is 2.63. The van der Waals surface area contributed by atoms with Crippen molar-refractivity contribution in [3.8, 4) is 0 Å². The van der Waals surface area contributed by atoms with Gasteiger partial charge in [0.05, 0.1) is 0 Å². The predicted octanol–water partition coefficient (Wildman–Crippen LogP) is 3.99. The lowest BCUT2D eigenvalue weighted by molar-refractivity contribution is 0.578. The summed E-state index contributed by atoms with van der Waals surface area (Å²) < 4.78 is 0. The van der Waals surface area contributed by atoms with E-state index in [1.165, 1.54) is 36.9 Å². The van der Waals surface area contributed by atoms with Crippen molar-refractivity contribution in [2.75, 3.05) is 5.32 Å². The highest BCUT2D eigenvalue weighted by Crippen LogP contribution is 2.36. The van der Waals surface area contributed by atoms with E-state index >= 15 is 0 Å². The minimum absolute atomic E-state index is 0.705. The van der Waals surface area contributed by atoms with Crippen LogP contribution in [0.5, 0.6) is 0 Å². The molecule has 0 bridgehead atoms. The van der Waals surface area contributed by atoms with E-state index < -0.39 is 0 Å². The van der Waals surface area contributed by atoms with Crippen molar-refractivity contribution in [3.05, 3.63) is 29.8 Å². The quantitative estimate of drug-likeness (QED) is 0.763. The Bertz CT molecular complexity index is 315. The summed E-state index contributed by atoms with van der Waals surface area (Å²) in [5.74, 6) is 0.936. The lowest BCUT2D eigenvalue weighted by Gasteiger charge is -2.19. The number of rotatable bonds is 5. The molecule has 1 aliphatic carbocycles. The van der Waals surface area contributed by atoms with Crippen LogP contribution in [0.1, 0.15) is 38.2 Å². The van der Waals surface area contributed by atoms with Crippen molar-refractivity contribution >= 4 is 5.69 Å². The zero-order chi connectivity index (χ0) is 10.7. The van der Waals surface area contributed by atoms with E-state index in [0.717, 1.165) is 5.92 Å². The number of aryl methyl sites for hydroxylation is 1. The summed E-state index contributed by atoms with van der Waals surface area (Å²) in [6.45, 7) is 4.42. The molecule has 1 heteroatoms. The van der Waals surface area contributed by atoms with E-state index in [0.29, 0.717) is 6.04 Å². The van der Waals surface area contributed by atoms with E-state index in [2.05, 4.69) is 43.4 Å². The third-order valence-corrected chi connectivity index (χ3v) is 3.16. The minimum Gasteiger partial charge on any atom is -0.382 e. The molecule has 1 fully saturated rings. The number of benzene rings is 1. The maximum Gasteiger partial charge on any atom is 0.0345 e. The average molecular weight is 203 g/mol. The molecule has 1 unspecified atom stereocenters. The normalized spacial score (nSPS) is 17.5. The first-order chi connectivity index (χ1) is 7.29. The average Bonchev–Trinajstić information content (AvgIpc) is 3.00. The Hall–Kier alpha value is -0.980. The molecule has 0 aliphatic heterocycles. The third-order valence-electron chi connectivity index (χ3n) is 3.16. The van der Waals surface area contributed by atoms with E-state index in [4.69, 9.17) is 0 Å². The molecule has 0 aromatic heterocycles. The lowest BCUT2D eigenvalue weighted by Crippen LogP contribution is -2.21. The van der Waals surface area contributed by atoms with Gasteiger partial charge < -0.3 is 5.32 Å². The summed E-state index contributed by atoms with van der Waals surface area (Å²) in [4.78, 5) is 0. The van der Waals surface area contributed by atoms with Gasteiger partial charge >= 0.3 is 0 Å². The van der Waals surface area contributed by atoms with Crippen LogP contribution in [0, 0.1) is 12.8 Å². The highest BCUT2D eigenvalue weighted by atomic mass is 14.9. The molecule has 1 aliphatic rings. The first-order valence-electron chi connectivity index (χ1n) is 6.13. The van der Waals surface area contributed by atoms with Gasteiger partial charge in [0.2, 0.25) is 0 Å². The van der Waals surface area contributed by atoms with Gasteiger partial charge in [0.1, 0.15) is 0 Å². The van der Waals surface area contributed by atoms with Gasteiger partial charge in [-0.1, -0.05) is 25.5 Å². The molecule has 15 heavy (non-hydrogen) atoms. The SMILES string of the molecule is CCCC(Nc1cccc(C)c1)C1CC1. The molecule has 82 valence electrons. The van der Waals surface area contributed by atoms with Gasteiger partial charge in [-0.05, 0) is 49.8 Å². The van der Waals surface area contributed by atoms with Crippen molar-refractivity contribution in [1.29, 1.82) is 0 Å². The Morgan fingerprint density at radius 2 is 2.20 bits per heavy atom. The van der Waals surface area contributed by atoms with Gasteiger partial charge in [-0.25, -0.2) is 0 Å². The summed E-state index contributed by atoms with van der Waals surface area (Å²) in [6, 6.07) is 9.41. The highest BCUT2D eigenvalue weighted by Gasteiger charge is 2.30. The van der Waals surface area contributed by atoms with Crippen LogP contribution in [0.15, 0.2) is 24.3 Å². The zero-order valence-corrected chi connectivity index (χ0v) is 9.79. The van der Waals surface area contributed by atoms with Crippen LogP contribution in [0.4, 0.5) is 5.69 Å². The molecule has 0 radical (unpaired) electrons. The van der Waals surface area contributed by atoms with Gasteiger partial charge in [0, 0.05) is 11.7 Å². The second-order valence-corrected chi connectivity index (χ2v) is 4.75. The topological polar surface area (TPSA) is 12.0 Å². The van der Waals surface area contributed by atoms with Crippen molar-refractivity contribution in [1.82, 2.24) is 0 Å². The van der Waals surface area contributed by atoms with Gasteiger partial charge in [0.25, 0.3) is 0 Å². The van der Waals surface area contributed by atoms with Gasteiger partial charge in [-0.2, -0.15) is 0 Å². The fourth-order valence-corrected chi connectivity index (χ4v) is 2.18. The monoisotopic (exact) mass is 203 g/mol. The number of hydrogen-bond acceptors (Lipinski definition) is 1. The molecular weight excluding hydrogens is 182 g/mol. The molecule has 1 nitrogen and oxygen atoms in total. The molecule has 1 atom stereocenters. The van der Waals surface area contributed by atoms with Crippen molar-refractivity contribution in [3.63, 3.8) is 0 Å². The molecule has 1 saturated carbocycles. The van der Waals surface area contributed by atoms with E-state index in [1.54, 1.807) is 0 Å². The molecular formula is C14H21N. The first-order valence-corrected chi connectivity index (χ1v) is 6.13. The fourth-order valence-electron chi connectivity index (χ4n) is 2.18. The van der Waals surface area contributed by atoms with Crippen LogP contribution in [-0.2, 0) is 0 Å². The van der Waals surface area contributed by atoms with Crippen LogP contribution in [-0.4, -0.2) is 6.04 Å². The van der Waals surface area contributed by atoms with Crippen molar-refractivity contribution in [2.24, 2.45) is 5.92 Å². The Kier molecular flexibility index (Phi) is 3.30. The second kappa shape index (κ2) is 4.69. The third kappa shape index (κ3) is 2.98. The van der Waals surface area contributed by atoms with Crippen LogP contribution in [0.2, 0.25) is 0 Å². The summed E-state index contributed by atoms with van der Waals surface area (Å²) in [6.07, 6.45) is 5.42. The van der Waals surface area contributed by atoms with Crippen LogP contribution in [0.25, 0.3) is 0 Å². The van der Waals surface area contributed by atoms with E-state index in [9.17, 15) is 0 Å². The molecule has 1 aromatic rings. The standard InChI is InChI=1S/C14H21N/c1-3-5-14(12-8-9-12)15-13-7-4-6-11(2)10-13/h4,6-7,10,12,14-15H,3,5,8-9H2,1-2H3. The molecule has 0 heterocycles. The summed E-state index contributed by atoms with van der Waals surface area (Å²) in [7, 11) is 0. The maximum atomic E-state index is 3.68. The molecule has 2 rings (SSSR count). The van der Waals surface area contributed by atoms with Crippen molar-refractivity contribution < 1.29 is 0 Å². The predicted molar refractivity (Wildman–Crippen MR) is 66.2 cm³/mol. The molecule has 0 saturated heterocycles. The van der Waals surface area contributed by atoms with E-state index in [1.807, 2.05) is 0 Å². The first kappa shape index (κ1) is 10.5. The Morgan fingerprint density at radius 1 is 1.40 bits per heavy atom. The van der Waals surface area contributed by atoms with Gasteiger partial charge in [-0.3, -0.25) is 0 Å². The zero-order valence-electron chi connectivity index (χ0n) is 9.79. The van der Waals surface area contributed by atoms with Crippen LogP contribution in [0.3, 0.4) is 0 Å². The second-order valence-electron chi connectivity index (χ2n) is 4.75. The van der Waals surface area contributed by atoms with E-state index in [-0.39, 0.29) is 0 Å². The number of hydrogen-bond donors (Lipinski definition) is 1. The van der Waals surface area contributed by atoms with Gasteiger partial charge in [-0.15, -0.1) is 0 Å². The Labute approximate surface area is 92.9 Å². The van der Waals surface area contributed by atoms with Crippen molar-refractivity contribution in [2.45, 2.75) is 45.6 Å². The number of anilines is 1.